The van der Waals surface area contributed by atoms with E-state index in [1.165, 1.54) is 18.2 Å². The van der Waals surface area contributed by atoms with Gasteiger partial charge in [0.25, 0.3) is 5.91 Å². The number of carbonyl (C=O) groups is 1. The Labute approximate surface area is 143 Å². The smallest absolute Gasteiger partial charge is 0.277 e. The summed E-state index contributed by atoms with van der Waals surface area (Å²) in [6.45, 7) is 3.91. The molecule has 0 fully saturated rings. The number of benzene rings is 1. The van der Waals surface area contributed by atoms with Gasteiger partial charge < -0.3 is 14.3 Å². The maximum atomic E-state index is 12.5. The summed E-state index contributed by atoms with van der Waals surface area (Å²) in [6.07, 6.45) is 2.93. The van der Waals surface area contributed by atoms with E-state index in [4.69, 9.17) is 4.42 Å². The highest BCUT2D eigenvalue weighted by atomic mass is 32.2. The first-order valence-electron chi connectivity index (χ1n) is 7.42. The number of oxazole rings is 1. The molecule has 0 bridgehead atoms. The van der Waals surface area contributed by atoms with Crippen LogP contribution in [0.5, 0.6) is 0 Å². The molecule has 8 heteroatoms. The fraction of sp³-hybridized carbons (Fsp3) is 0.250. The molecular weight excluding hydrogens is 326 g/mol. The van der Waals surface area contributed by atoms with E-state index in [1.54, 1.807) is 6.33 Å². The van der Waals surface area contributed by atoms with Crippen LogP contribution in [0.3, 0.4) is 0 Å². The molecule has 1 aromatic carbocycles. The van der Waals surface area contributed by atoms with Gasteiger partial charge in [-0.2, -0.15) is 0 Å². The molecule has 7 nitrogen and oxygen atoms in total. The van der Waals surface area contributed by atoms with Crippen molar-refractivity contribution in [2.45, 2.75) is 29.8 Å². The molecule has 0 saturated heterocycles. The van der Waals surface area contributed by atoms with E-state index in [1.807, 2.05) is 49.7 Å². The molecule has 0 aliphatic rings. The summed E-state index contributed by atoms with van der Waals surface area (Å²) in [7, 11) is 1.87. The Balaban J connectivity index is 1.84. The zero-order valence-electron chi connectivity index (χ0n) is 13.6. The van der Waals surface area contributed by atoms with Gasteiger partial charge in [0.15, 0.2) is 17.2 Å². The Morgan fingerprint density at radius 1 is 1.33 bits per heavy atom. The normalized spacial score (nSPS) is 11.0. The van der Waals surface area contributed by atoms with E-state index in [0.717, 1.165) is 10.1 Å². The van der Waals surface area contributed by atoms with Crippen LogP contribution in [0.4, 0.5) is 5.69 Å². The number of aryl methyl sites for hydroxylation is 1. The van der Waals surface area contributed by atoms with Crippen LogP contribution < -0.4 is 5.32 Å². The second-order valence-electron chi connectivity index (χ2n) is 5.50. The lowest BCUT2D eigenvalue weighted by molar-refractivity contribution is 0.102. The first-order chi connectivity index (χ1) is 11.6. The molecule has 0 radical (unpaired) electrons. The van der Waals surface area contributed by atoms with E-state index < -0.39 is 0 Å². The number of para-hydroxylation sites is 1. The van der Waals surface area contributed by atoms with Crippen LogP contribution >= 0.6 is 11.8 Å². The summed E-state index contributed by atoms with van der Waals surface area (Å²) < 4.78 is 7.13. The van der Waals surface area contributed by atoms with E-state index in [9.17, 15) is 4.79 Å². The van der Waals surface area contributed by atoms with Crippen molar-refractivity contribution in [2.24, 2.45) is 7.05 Å². The van der Waals surface area contributed by atoms with Crippen molar-refractivity contribution in [1.82, 2.24) is 19.7 Å². The number of nitrogens with one attached hydrogen (secondary N) is 1. The van der Waals surface area contributed by atoms with Crippen LogP contribution in [-0.4, -0.2) is 25.7 Å². The maximum absolute atomic E-state index is 12.5. The zero-order chi connectivity index (χ0) is 17.1. The molecule has 1 N–H and O–H groups in total. The minimum atomic E-state index is -0.293. The van der Waals surface area contributed by atoms with Gasteiger partial charge in [-0.3, -0.25) is 4.79 Å². The number of carbonyl (C=O) groups excluding carboxylic acids is 1. The van der Waals surface area contributed by atoms with E-state index in [0.29, 0.717) is 17.1 Å². The summed E-state index contributed by atoms with van der Waals surface area (Å²) in [5, 5.41) is 11.6. The third-order valence-corrected chi connectivity index (χ3v) is 4.47. The molecule has 24 heavy (non-hydrogen) atoms. The molecule has 2 aromatic heterocycles. The molecule has 3 rings (SSSR count). The SMILES string of the molecule is CC(C)c1ocnc1C(=O)Nc1ccccc1Sc1nncn1C. The van der Waals surface area contributed by atoms with E-state index in [-0.39, 0.29) is 11.8 Å². The number of hydrogen-bond acceptors (Lipinski definition) is 6. The summed E-state index contributed by atoms with van der Waals surface area (Å²) >= 11 is 1.43. The van der Waals surface area contributed by atoms with Crippen LogP contribution in [0.2, 0.25) is 0 Å². The van der Waals surface area contributed by atoms with E-state index >= 15 is 0 Å². The van der Waals surface area contributed by atoms with Gasteiger partial charge in [0.2, 0.25) is 0 Å². The van der Waals surface area contributed by atoms with Crippen LogP contribution in [0, 0.1) is 0 Å². The molecule has 1 amide bonds. The van der Waals surface area contributed by atoms with E-state index in [2.05, 4.69) is 20.5 Å². The maximum Gasteiger partial charge on any atom is 0.277 e. The fourth-order valence-corrected chi connectivity index (χ4v) is 2.99. The lowest BCUT2D eigenvalue weighted by Gasteiger charge is -2.10. The summed E-state index contributed by atoms with van der Waals surface area (Å²) in [5.74, 6) is 0.362. The van der Waals surface area contributed by atoms with Crippen molar-refractivity contribution in [3.63, 3.8) is 0 Å². The molecule has 0 saturated carbocycles. The monoisotopic (exact) mass is 343 g/mol. The number of nitrogens with zero attached hydrogens (tertiary/aromatic N) is 4. The quantitative estimate of drug-likeness (QED) is 0.765. The highest BCUT2D eigenvalue weighted by Gasteiger charge is 2.20. The summed E-state index contributed by atoms with van der Waals surface area (Å²) in [5.41, 5.74) is 0.997. The number of amides is 1. The number of aromatic nitrogens is 4. The minimum absolute atomic E-state index is 0.0801. The van der Waals surface area contributed by atoms with Crippen LogP contribution in [0.1, 0.15) is 36.0 Å². The van der Waals surface area contributed by atoms with Crippen molar-refractivity contribution in [1.29, 1.82) is 0 Å². The Kier molecular flexibility index (Phi) is 4.66. The van der Waals surface area contributed by atoms with Crippen LogP contribution in [0.15, 0.2) is 51.5 Å². The Morgan fingerprint density at radius 3 is 2.83 bits per heavy atom. The highest BCUT2D eigenvalue weighted by Crippen LogP contribution is 2.32. The molecule has 0 unspecified atom stereocenters. The van der Waals surface area contributed by atoms with Crippen molar-refractivity contribution in [3.8, 4) is 0 Å². The first kappa shape index (κ1) is 16.3. The third-order valence-electron chi connectivity index (χ3n) is 3.34. The topological polar surface area (TPSA) is 85.8 Å². The van der Waals surface area contributed by atoms with Crippen molar-refractivity contribution in [2.75, 3.05) is 5.32 Å². The standard InChI is InChI=1S/C16H17N5O2S/c1-10(2)14-13(17-9-23-14)15(22)19-11-6-4-5-7-12(11)24-16-20-18-8-21(16)3/h4-10H,1-3H3,(H,19,22). The molecule has 0 aliphatic heterocycles. The fourth-order valence-electron chi connectivity index (χ4n) is 2.14. The highest BCUT2D eigenvalue weighted by molar-refractivity contribution is 7.99. The second-order valence-corrected chi connectivity index (χ2v) is 6.51. The number of anilines is 1. The molecule has 124 valence electrons. The van der Waals surface area contributed by atoms with Crippen LogP contribution in [-0.2, 0) is 7.05 Å². The van der Waals surface area contributed by atoms with Crippen LogP contribution in [0.25, 0.3) is 0 Å². The number of hydrogen-bond donors (Lipinski definition) is 1. The zero-order valence-corrected chi connectivity index (χ0v) is 14.4. The average Bonchev–Trinajstić information content (AvgIpc) is 3.19. The van der Waals surface area contributed by atoms with Crippen molar-refractivity contribution in [3.05, 3.63) is 48.4 Å². The summed E-state index contributed by atoms with van der Waals surface area (Å²) in [4.78, 5) is 17.5. The van der Waals surface area contributed by atoms with Gasteiger partial charge in [0, 0.05) is 17.9 Å². The van der Waals surface area contributed by atoms with Crippen molar-refractivity contribution < 1.29 is 9.21 Å². The largest absolute Gasteiger partial charge is 0.447 e. The van der Waals surface area contributed by atoms with Gasteiger partial charge in [-0.15, -0.1) is 10.2 Å². The van der Waals surface area contributed by atoms with Gasteiger partial charge in [-0.25, -0.2) is 4.98 Å². The third kappa shape index (κ3) is 3.33. The number of rotatable bonds is 5. The second kappa shape index (κ2) is 6.88. The molecule has 3 aromatic rings. The summed E-state index contributed by atoms with van der Waals surface area (Å²) in [6, 6.07) is 7.53. The van der Waals surface area contributed by atoms with Gasteiger partial charge >= 0.3 is 0 Å². The minimum Gasteiger partial charge on any atom is -0.447 e. The molecule has 0 spiro atoms. The Bertz CT molecular complexity index is 856. The molecule has 0 atom stereocenters. The van der Waals surface area contributed by atoms with Gasteiger partial charge in [-0.05, 0) is 23.9 Å². The van der Waals surface area contributed by atoms with Gasteiger partial charge in [0.05, 0.1) is 5.69 Å². The first-order valence-corrected chi connectivity index (χ1v) is 8.23. The average molecular weight is 343 g/mol. The van der Waals surface area contributed by atoms with Gasteiger partial charge in [0.1, 0.15) is 12.1 Å². The lowest BCUT2D eigenvalue weighted by atomic mass is 10.1. The van der Waals surface area contributed by atoms with Gasteiger partial charge in [-0.1, -0.05) is 26.0 Å². The Morgan fingerprint density at radius 2 is 2.12 bits per heavy atom. The molecular formula is C16H17N5O2S. The lowest BCUT2D eigenvalue weighted by Crippen LogP contribution is -2.15. The predicted molar refractivity (Wildman–Crippen MR) is 90.1 cm³/mol. The molecule has 2 heterocycles. The predicted octanol–water partition coefficient (Wildman–Crippen LogP) is 3.33. The van der Waals surface area contributed by atoms with Crippen molar-refractivity contribution >= 4 is 23.4 Å². The Hall–Kier alpha value is -2.61. The molecule has 0 aliphatic carbocycles.